The summed E-state index contributed by atoms with van der Waals surface area (Å²) in [5.41, 5.74) is 0.788. The summed E-state index contributed by atoms with van der Waals surface area (Å²) in [6.07, 6.45) is 5.55. The standard InChI is InChI=1S/C19H25N3O5/c23-18(6-3-11-20-14-7-9-15(10-8-14)22(26)27)21-16-5-2-1-4-13(16)12-17(21)19(24)25/h7-10,13,16-17,20H,1-6,11-12H2,(H,24,25). The number of nitrogens with zero attached hydrogens (tertiary/aromatic N) is 2. The highest BCUT2D eigenvalue weighted by Crippen LogP contribution is 2.40. The van der Waals surface area contributed by atoms with Gasteiger partial charge in [-0.15, -0.1) is 0 Å². The number of nitro benzene ring substituents is 1. The largest absolute Gasteiger partial charge is 0.480 e. The minimum absolute atomic E-state index is 0.0338. The molecule has 146 valence electrons. The van der Waals surface area contributed by atoms with Crippen LogP contribution in [0.15, 0.2) is 24.3 Å². The van der Waals surface area contributed by atoms with Crippen LogP contribution in [0.25, 0.3) is 0 Å². The quantitative estimate of drug-likeness (QED) is 0.430. The molecule has 2 fully saturated rings. The van der Waals surface area contributed by atoms with Gasteiger partial charge < -0.3 is 15.3 Å². The molecule has 27 heavy (non-hydrogen) atoms. The lowest BCUT2D eigenvalue weighted by Gasteiger charge is -2.33. The number of aliphatic carboxylic acids is 1. The zero-order chi connectivity index (χ0) is 19.4. The predicted octanol–water partition coefficient (Wildman–Crippen LogP) is 3.03. The maximum Gasteiger partial charge on any atom is 0.326 e. The van der Waals surface area contributed by atoms with Crippen LogP contribution < -0.4 is 5.32 Å². The van der Waals surface area contributed by atoms with Crippen LogP contribution >= 0.6 is 0 Å². The van der Waals surface area contributed by atoms with E-state index in [4.69, 9.17) is 0 Å². The molecular formula is C19H25N3O5. The third-order valence-corrected chi connectivity index (χ3v) is 5.64. The van der Waals surface area contributed by atoms with Gasteiger partial charge in [0, 0.05) is 36.8 Å². The van der Waals surface area contributed by atoms with Crippen molar-refractivity contribution in [2.45, 2.75) is 57.0 Å². The zero-order valence-corrected chi connectivity index (χ0v) is 15.2. The molecule has 1 aromatic rings. The second-order valence-corrected chi connectivity index (χ2v) is 7.34. The maximum absolute atomic E-state index is 12.7. The summed E-state index contributed by atoms with van der Waals surface area (Å²) in [6, 6.07) is 5.51. The van der Waals surface area contributed by atoms with Crippen LogP contribution in [0, 0.1) is 16.0 Å². The summed E-state index contributed by atoms with van der Waals surface area (Å²) in [5.74, 6) is -0.661. The molecule has 0 aromatic heterocycles. The first-order valence-corrected chi connectivity index (χ1v) is 9.49. The Morgan fingerprint density at radius 1 is 1.22 bits per heavy atom. The first kappa shape index (κ1) is 19.1. The minimum Gasteiger partial charge on any atom is -0.480 e. The van der Waals surface area contributed by atoms with Crippen LogP contribution in [0.1, 0.15) is 44.9 Å². The van der Waals surface area contributed by atoms with Gasteiger partial charge in [0.15, 0.2) is 0 Å². The van der Waals surface area contributed by atoms with E-state index in [9.17, 15) is 24.8 Å². The Labute approximate surface area is 157 Å². The number of rotatable bonds is 7. The van der Waals surface area contributed by atoms with Gasteiger partial charge in [0.05, 0.1) is 4.92 Å². The lowest BCUT2D eigenvalue weighted by Crippen LogP contribution is -2.46. The number of nitro groups is 1. The smallest absolute Gasteiger partial charge is 0.326 e. The number of carboxylic acid groups (broad SMARTS) is 1. The molecule has 1 aromatic carbocycles. The number of non-ortho nitro benzene ring substituents is 1. The van der Waals surface area contributed by atoms with Crippen LogP contribution in [-0.2, 0) is 9.59 Å². The number of amides is 1. The average molecular weight is 375 g/mol. The molecule has 0 bridgehead atoms. The first-order chi connectivity index (χ1) is 13.0. The molecule has 1 saturated heterocycles. The van der Waals surface area contributed by atoms with Crippen LogP contribution in [-0.4, -0.2) is 45.4 Å². The molecule has 1 saturated carbocycles. The van der Waals surface area contributed by atoms with Gasteiger partial charge >= 0.3 is 5.97 Å². The van der Waals surface area contributed by atoms with E-state index >= 15 is 0 Å². The van der Waals surface area contributed by atoms with Crippen molar-refractivity contribution >= 4 is 23.3 Å². The van der Waals surface area contributed by atoms with Crippen molar-refractivity contribution in [1.82, 2.24) is 4.90 Å². The van der Waals surface area contributed by atoms with Crippen LogP contribution in [0.4, 0.5) is 11.4 Å². The second-order valence-electron chi connectivity index (χ2n) is 7.34. The molecule has 1 aliphatic carbocycles. The van der Waals surface area contributed by atoms with E-state index in [0.29, 0.717) is 31.7 Å². The lowest BCUT2D eigenvalue weighted by molar-refractivity contribution is -0.384. The van der Waals surface area contributed by atoms with Crippen LogP contribution in [0.5, 0.6) is 0 Å². The van der Waals surface area contributed by atoms with E-state index in [1.54, 1.807) is 17.0 Å². The molecular weight excluding hydrogens is 350 g/mol. The Kier molecular flexibility index (Phi) is 5.93. The number of carboxylic acids is 1. The monoisotopic (exact) mass is 375 g/mol. The molecule has 2 aliphatic rings. The molecule has 0 radical (unpaired) electrons. The summed E-state index contributed by atoms with van der Waals surface area (Å²) in [4.78, 5) is 36.1. The van der Waals surface area contributed by atoms with Crippen molar-refractivity contribution in [2.24, 2.45) is 5.92 Å². The molecule has 3 unspecified atom stereocenters. The summed E-state index contributed by atoms with van der Waals surface area (Å²) < 4.78 is 0. The Balaban J connectivity index is 1.50. The van der Waals surface area contributed by atoms with Crippen LogP contribution in [0.2, 0.25) is 0 Å². The average Bonchev–Trinajstić information content (AvgIpc) is 3.05. The molecule has 1 aliphatic heterocycles. The number of benzene rings is 1. The molecule has 1 amide bonds. The number of carbonyl (C=O) groups is 2. The van der Waals surface area contributed by atoms with Crippen molar-refractivity contribution in [3.05, 3.63) is 34.4 Å². The van der Waals surface area contributed by atoms with Gasteiger partial charge in [0.25, 0.3) is 5.69 Å². The fourth-order valence-corrected chi connectivity index (χ4v) is 4.34. The van der Waals surface area contributed by atoms with E-state index < -0.39 is 16.9 Å². The molecule has 3 atom stereocenters. The third kappa shape index (κ3) is 4.37. The Morgan fingerprint density at radius 2 is 1.93 bits per heavy atom. The Hall–Kier alpha value is -2.64. The normalized spacial score (nSPS) is 24.3. The maximum atomic E-state index is 12.7. The molecule has 1 heterocycles. The SMILES string of the molecule is O=C(O)C1CC2CCCCC2N1C(=O)CCCNc1ccc([N+](=O)[O-])cc1. The highest BCUT2D eigenvalue weighted by atomic mass is 16.6. The van der Waals surface area contributed by atoms with E-state index in [1.807, 2.05) is 0 Å². The molecule has 2 N–H and O–H groups in total. The van der Waals surface area contributed by atoms with Gasteiger partial charge in [-0.05, 0) is 43.7 Å². The van der Waals surface area contributed by atoms with Gasteiger partial charge in [-0.25, -0.2) is 4.79 Å². The number of likely N-dealkylation sites (tertiary alicyclic amines) is 1. The number of anilines is 1. The van der Waals surface area contributed by atoms with Crippen molar-refractivity contribution < 1.29 is 19.6 Å². The predicted molar refractivity (Wildman–Crippen MR) is 99.5 cm³/mol. The van der Waals surface area contributed by atoms with Gasteiger partial charge in [0.1, 0.15) is 6.04 Å². The summed E-state index contributed by atoms with van der Waals surface area (Å²) in [7, 11) is 0. The number of hydrogen-bond donors (Lipinski definition) is 2. The number of nitrogens with one attached hydrogen (secondary N) is 1. The summed E-state index contributed by atoms with van der Waals surface area (Å²) in [6.45, 7) is 0.545. The van der Waals surface area contributed by atoms with E-state index in [2.05, 4.69) is 5.32 Å². The van der Waals surface area contributed by atoms with Crippen molar-refractivity contribution in [1.29, 1.82) is 0 Å². The van der Waals surface area contributed by atoms with Gasteiger partial charge in [-0.2, -0.15) is 0 Å². The molecule has 3 rings (SSSR count). The first-order valence-electron chi connectivity index (χ1n) is 9.49. The fourth-order valence-electron chi connectivity index (χ4n) is 4.34. The van der Waals surface area contributed by atoms with Gasteiger partial charge in [-0.1, -0.05) is 12.8 Å². The van der Waals surface area contributed by atoms with Crippen molar-refractivity contribution in [3.8, 4) is 0 Å². The van der Waals surface area contributed by atoms with E-state index in [1.165, 1.54) is 12.1 Å². The minimum atomic E-state index is -0.901. The Morgan fingerprint density at radius 3 is 2.59 bits per heavy atom. The second kappa shape index (κ2) is 8.37. The topological polar surface area (TPSA) is 113 Å². The number of carbonyl (C=O) groups excluding carboxylic acids is 1. The zero-order valence-electron chi connectivity index (χ0n) is 15.2. The van der Waals surface area contributed by atoms with Crippen LogP contribution in [0.3, 0.4) is 0 Å². The summed E-state index contributed by atoms with van der Waals surface area (Å²) in [5, 5.41) is 23.3. The highest BCUT2D eigenvalue weighted by molar-refractivity contribution is 5.84. The lowest BCUT2D eigenvalue weighted by atomic mass is 9.84. The molecule has 0 spiro atoms. The number of fused-ring (bicyclic) bond motifs is 1. The molecule has 8 heteroatoms. The highest BCUT2D eigenvalue weighted by Gasteiger charge is 2.47. The van der Waals surface area contributed by atoms with E-state index in [-0.39, 0.29) is 17.6 Å². The van der Waals surface area contributed by atoms with E-state index in [0.717, 1.165) is 31.4 Å². The fraction of sp³-hybridized carbons (Fsp3) is 0.579. The van der Waals surface area contributed by atoms with Crippen molar-refractivity contribution in [2.75, 3.05) is 11.9 Å². The van der Waals surface area contributed by atoms with Crippen molar-refractivity contribution in [3.63, 3.8) is 0 Å². The van der Waals surface area contributed by atoms with Gasteiger partial charge in [0.2, 0.25) is 5.91 Å². The third-order valence-electron chi connectivity index (χ3n) is 5.64. The molecule has 8 nitrogen and oxygen atoms in total. The summed E-state index contributed by atoms with van der Waals surface area (Å²) >= 11 is 0. The van der Waals surface area contributed by atoms with Gasteiger partial charge in [-0.3, -0.25) is 14.9 Å². The number of hydrogen-bond acceptors (Lipinski definition) is 5. The Bertz CT molecular complexity index is 706.